The molecule has 1 aliphatic rings. The number of carbonyl (C=O) groups is 2. The van der Waals surface area contributed by atoms with Gasteiger partial charge in [-0.2, -0.15) is 5.26 Å². The summed E-state index contributed by atoms with van der Waals surface area (Å²) in [5, 5.41) is 11.9. The Morgan fingerprint density at radius 1 is 0.500 bits per heavy atom. The number of hydrogen-bond acceptors (Lipinski definition) is 5. The molecule has 11 rings (SSSR count). The van der Waals surface area contributed by atoms with Gasteiger partial charge in [0.2, 0.25) is 0 Å². The minimum atomic E-state index is -0.457. The van der Waals surface area contributed by atoms with Crippen LogP contribution in [-0.2, 0) is 0 Å². The highest BCUT2D eigenvalue weighted by molar-refractivity contribution is 6.37. The van der Waals surface area contributed by atoms with Gasteiger partial charge in [0.05, 0.1) is 51.7 Å². The molecule has 0 saturated carbocycles. The molecule has 0 atom stereocenters. The first kappa shape index (κ1) is 37.7. The number of anilines is 1. The van der Waals surface area contributed by atoms with Gasteiger partial charge in [0.1, 0.15) is 0 Å². The topological polar surface area (TPSA) is 96.2 Å². The number of benzene rings is 7. The first-order valence-electron chi connectivity index (χ1n) is 20.6. The number of aromatic nitrogens is 3. The Morgan fingerprint density at radius 2 is 1.06 bits per heavy atom. The first-order chi connectivity index (χ1) is 31.5. The largest absolute Gasteiger partial charge is 0.308 e. The lowest BCUT2D eigenvalue weighted by atomic mass is 9.90. The van der Waals surface area contributed by atoms with E-state index in [-0.39, 0.29) is 11.1 Å². The van der Waals surface area contributed by atoms with Crippen molar-refractivity contribution in [2.24, 2.45) is 0 Å². The fourth-order valence-electron chi connectivity index (χ4n) is 9.05. The van der Waals surface area contributed by atoms with E-state index in [1.165, 1.54) is 4.90 Å². The van der Waals surface area contributed by atoms with Gasteiger partial charge >= 0.3 is 0 Å². The molecule has 0 spiro atoms. The SMILES string of the molecule is [C-]#[N+]c1ccncc1-c1ccc2c3ccc(-c4cnccc4C#N)cc3n(-c3cccc4c3C(=O)N(c3c(-c5ccccc5)cc(-c5ccccc5)cc3-c3ccccc3)C4=O)c2c1. The van der Waals surface area contributed by atoms with E-state index in [0.29, 0.717) is 33.8 Å². The number of fused-ring (bicyclic) bond motifs is 4. The summed E-state index contributed by atoms with van der Waals surface area (Å²) in [6.45, 7) is 7.90. The van der Waals surface area contributed by atoms with Crippen LogP contribution < -0.4 is 4.90 Å². The molecule has 0 saturated heterocycles. The molecule has 0 radical (unpaired) electrons. The Hall–Kier alpha value is -9.24. The fraction of sp³-hybridized carbons (Fsp3) is 0. The van der Waals surface area contributed by atoms with Gasteiger partial charge in [-0.1, -0.05) is 121 Å². The summed E-state index contributed by atoms with van der Waals surface area (Å²) in [5.74, 6) is -0.891. The molecule has 1 aliphatic heterocycles. The van der Waals surface area contributed by atoms with E-state index in [9.17, 15) is 5.26 Å². The van der Waals surface area contributed by atoms with Crippen LogP contribution in [0.1, 0.15) is 26.3 Å². The first-order valence-corrected chi connectivity index (χ1v) is 20.6. The lowest BCUT2D eigenvalue weighted by molar-refractivity contribution is 0.0926. The third-order valence-electron chi connectivity index (χ3n) is 12.0. The van der Waals surface area contributed by atoms with Crippen molar-refractivity contribution in [3.8, 4) is 67.4 Å². The summed E-state index contributed by atoms with van der Waals surface area (Å²) < 4.78 is 2.02. The van der Waals surface area contributed by atoms with Crippen molar-refractivity contribution in [3.05, 3.63) is 223 Å². The smallest absolute Gasteiger partial charge is 0.268 e. The van der Waals surface area contributed by atoms with Gasteiger partial charge in [0.15, 0.2) is 5.69 Å². The highest BCUT2D eigenvalue weighted by atomic mass is 16.2. The van der Waals surface area contributed by atoms with Crippen molar-refractivity contribution in [2.75, 3.05) is 4.90 Å². The zero-order valence-electron chi connectivity index (χ0n) is 34.0. The molecule has 8 heteroatoms. The van der Waals surface area contributed by atoms with Crippen molar-refractivity contribution >= 4 is 45.0 Å². The number of pyridine rings is 2. The maximum absolute atomic E-state index is 15.7. The van der Waals surface area contributed by atoms with Crippen LogP contribution in [-0.4, -0.2) is 26.3 Å². The number of nitrogens with zero attached hydrogens (tertiary/aromatic N) is 6. The monoisotopic (exact) mass is 820 g/mol. The fourth-order valence-corrected chi connectivity index (χ4v) is 9.05. The molecule has 3 aromatic heterocycles. The molecule has 2 amide bonds. The van der Waals surface area contributed by atoms with Crippen molar-refractivity contribution in [1.29, 1.82) is 5.26 Å². The van der Waals surface area contributed by atoms with Gasteiger partial charge in [0.25, 0.3) is 11.8 Å². The minimum absolute atomic E-state index is 0.259. The van der Waals surface area contributed by atoms with Gasteiger partial charge in [-0.25, -0.2) is 9.74 Å². The van der Waals surface area contributed by atoms with E-state index in [1.807, 2.05) is 132 Å². The summed E-state index contributed by atoms with van der Waals surface area (Å²) in [5.41, 5.74) is 12.0. The molecule has 4 heterocycles. The van der Waals surface area contributed by atoms with Gasteiger partial charge in [-0.3, -0.25) is 19.6 Å². The van der Waals surface area contributed by atoms with Crippen molar-refractivity contribution in [3.63, 3.8) is 0 Å². The number of carbonyl (C=O) groups excluding carboxylic acids is 2. The van der Waals surface area contributed by atoms with Crippen LogP contribution in [0.3, 0.4) is 0 Å². The molecule has 0 unspecified atom stereocenters. The van der Waals surface area contributed by atoms with Gasteiger partial charge in [-0.15, -0.1) is 0 Å². The van der Waals surface area contributed by atoms with Gasteiger partial charge in [0, 0.05) is 57.8 Å². The molecular formula is C56H32N6O2. The second kappa shape index (κ2) is 15.3. The normalized spacial score (nSPS) is 12.1. The highest BCUT2D eigenvalue weighted by Gasteiger charge is 2.42. The van der Waals surface area contributed by atoms with Crippen LogP contribution in [0.25, 0.3) is 88.0 Å². The van der Waals surface area contributed by atoms with E-state index < -0.39 is 11.8 Å². The van der Waals surface area contributed by atoms with Gasteiger partial charge in [-0.05, 0) is 81.9 Å². The summed E-state index contributed by atoms with van der Waals surface area (Å²) in [4.78, 5) is 44.7. The molecule has 0 bridgehead atoms. The zero-order valence-corrected chi connectivity index (χ0v) is 34.0. The van der Waals surface area contributed by atoms with Crippen LogP contribution >= 0.6 is 0 Å². The Bertz CT molecular complexity index is 3450. The van der Waals surface area contributed by atoms with Crippen molar-refractivity contribution in [1.82, 2.24) is 14.5 Å². The van der Waals surface area contributed by atoms with E-state index in [1.54, 1.807) is 43.0 Å². The average molecular weight is 821 g/mol. The molecule has 0 aliphatic carbocycles. The van der Waals surface area contributed by atoms with E-state index in [0.717, 1.165) is 66.3 Å². The summed E-state index contributed by atoms with van der Waals surface area (Å²) >= 11 is 0. The molecule has 64 heavy (non-hydrogen) atoms. The number of imide groups is 1. The van der Waals surface area contributed by atoms with E-state index in [4.69, 9.17) is 6.57 Å². The van der Waals surface area contributed by atoms with Crippen LogP contribution in [0, 0.1) is 17.9 Å². The van der Waals surface area contributed by atoms with E-state index in [2.05, 4.69) is 45.1 Å². The molecule has 0 N–H and O–H groups in total. The van der Waals surface area contributed by atoms with Gasteiger partial charge < -0.3 is 4.57 Å². The van der Waals surface area contributed by atoms with Crippen LogP contribution in [0.15, 0.2) is 195 Å². The second-order valence-corrected chi connectivity index (χ2v) is 15.5. The number of amides is 2. The molecule has 0 fully saturated rings. The number of hydrogen-bond donors (Lipinski definition) is 0. The Kier molecular flexibility index (Phi) is 9.05. The maximum Gasteiger partial charge on any atom is 0.268 e. The molecule has 298 valence electrons. The third-order valence-corrected chi connectivity index (χ3v) is 12.0. The van der Waals surface area contributed by atoms with Crippen molar-refractivity contribution in [2.45, 2.75) is 0 Å². The summed E-state index contributed by atoms with van der Waals surface area (Å²) in [7, 11) is 0. The Morgan fingerprint density at radius 3 is 1.66 bits per heavy atom. The van der Waals surface area contributed by atoms with Crippen molar-refractivity contribution < 1.29 is 9.59 Å². The minimum Gasteiger partial charge on any atom is -0.308 e. The van der Waals surface area contributed by atoms with Crippen LogP contribution in [0.2, 0.25) is 0 Å². The zero-order chi connectivity index (χ0) is 43.3. The lowest BCUT2D eigenvalue weighted by Gasteiger charge is -2.24. The Balaban J connectivity index is 1.18. The van der Waals surface area contributed by atoms with Crippen LogP contribution in [0.5, 0.6) is 0 Å². The highest BCUT2D eigenvalue weighted by Crippen LogP contribution is 2.47. The predicted molar refractivity (Wildman–Crippen MR) is 252 cm³/mol. The summed E-state index contributed by atoms with van der Waals surface area (Å²) in [6, 6.07) is 57.0. The molecule has 8 nitrogen and oxygen atoms in total. The quantitative estimate of drug-likeness (QED) is 0.118. The third kappa shape index (κ3) is 6.06. The molecule has 7 aromatic carbocycles. The average Bonchev–Trinajstić information content (AvgIpc) is 3.82. The second-order valence-electron chi connectivity index (χ2n) is 15.5. The number of rotatable bonds is 7. The standard InChI is InChI=1S/C56H32N6O2/c1-58-49-25-27-60-34-48(49)39-21-23-43-42-22-20-38(47-33-59-26-24-40(47)32-57)30-51(42)61(52(43)31-39)50-19-11-18-44-53(50)56(64)62(55(44)63)54-45(36-14-7-3-8-15-36)28-41(35-12-5-2-6-13-35)29-46(54)37-16-9-4-10-17-37/h2-31,33-34H. The maximum atomic E-state index is 15.7. The summed E-state index contributed by atoms with van der Waals surface area (Å²) in [6.07, 6.45) is 6.56. The predicted octanol–water partition coefficient (Wildman–Crippen LogP) is 13.1. The number of nitriles is 1. The molecule has 10 aromatic rings. The van der Waals surface area contributed by atoms with E-state index >= 15 is 9.59 Å². The Labute approximate surface area is 368 Å². The lowest BCUT2D eigenvalue weighted by Crippen LogP contribution is -2.30. The van der Waals surface area contributed by atoms with Crippen LogP contribution in [0.4, 0.5) is 11.4 Å². The molecular weight excluding hydrogens is 789 g/mol.